The Morgan fingerprint density at radius 2 is 2.26 bits per heavy atom. The molecule has 3 rings (SSSR count). The molecular weight excluding hydrogens is 240 g/mol. The lowest BCUT2D eigenvalue weighted by molar-refractivity contribution is 0.0697. The van der Waals surface area contributed by atoms with Crippen LogP contribution < -0.4 is 0 Å². The van der Waals surface area contributed by atoms with Crippen LogP contribution in [0.1, 0.15) is 54.7 Å². The molecule has 0 spiro atoms. The highest BCUT2D eigenvalue weighted by molar-refractivity contribution is 5.92. The highest BCUT2D eigenvalue weighted by Crippen LogP contribution is 2.37. The fourth-order valence-corrected chi connectivity index (χ4v) is 2.71. The minimum atomic E-state index is -0.878. The number of carbonyl (C=O) groups is 1. The standard InChI is InChI=1S/C15H18N2O2/c1-2-8-17-13-9-11(15(18)19)6-7-12(13)16-14(17)10-4-3-5-10/h6-7,9-10H,2-5,8H2,1H3,(H,18,19). The van der Waals surface area contributed by atoms with Gasteiger partial charge in [-0.3, -0.25) is 0 Å². The first-order valence-electron chi connectivity index (χ1n) is 6.94. The van der Waals surface area contributed by atoms with Crippen molar-refractivity contribution in [3.63, 3.8) is 0 Å². The van der Waals surface area contributed by atoms with E-state index in [1.807, 2.05) is 6.07 Å². The molecule has 0 bridgehead atoms. The minimum Gasteiger partial charge on any atom is -0.478 e. The van der Waals surface area contributed by atoms with Gasteiger partial charge in [0, 0.05) is 12.5 Å². The van der Waals surface area contributed by atoms with Gasteiger partial charge < -0.3 is 9.67 Å². The molecule has 0 aliphatic heterocycles. The maximum Gasteiger partial charge on any atom is 0.335 e. The predicted octanol–water partition coefficient (Wildman–Crippen LogP) is 3.41. The van der Waals surface area contributed by atoms with Crippen LogP contribution in [0, 0.1) is 0 Å². The van der Waals surface area contributed by atoms with Crippen molar-refractivity contribution in [3.8, 4) is 0 Å². The maximum absolute atomic E-state index is 11.1. The van der Waals surface area contributed by atoms with E-state index in [4.69, 9.17) is 10.1 Å². The molecule has 0 saturated heterocycles. The summed E-state index contributed by atoms with van der Waals surface area (Å²) >= 11 is 0. The molecule has 1 aliphatic rings. The summed E-state index contributed by atoms with van der Waals surface area (Å²) in [5.74, 6) is 0.828. The Kier molecular flexibility index (Phi) is 3.01. The molecule has 0 amide bonds. The first kappa shape index (κ1) is 12.2. The Bertz CT molecular complexity index is 626. The average molecular weight is 258 g/mol. The second-order valence-corrected chi connectivity index (χ2v) is 5.26. The second kappa shape index (κ2) is 4.68. The van der Waals surface area contributed by atoms with Crippen molar-refractivity contribution in [1.29, 1.82) is 0 Å². The molecule has 19 heavy (non-hydrogen) atoms. The zero-order valence-corrected chi connectivity index (χ0v) is 11.1. The molecule has 0 unspecified atom stereocenters. The van der Waals surface area contributed by atoms with Crippen molar-refractivity contribution in [2.45, 2.75) is 45.1 Å². The van der Waals surface area contributed by atoms with Crippen molar-refractivity contribution >= 4 is 17.0 Å². The molecule has 0 radical (unpaired) electrons. The van der Waals surface area contributed by atoms with Crippen LogP contribution in [-0.2, 0) is 6.54 Å². The van der Waals surface area contributed by atoms with Crippen molar-refractivity contribution in [3.05, 3.63) is 29.6 Å². The highest BCUT2D eigenvalue weighted by Gasteiger charge is 2.25. The number of fused-ring (bicyclic) bond motifs is 1. The van der Waals surface area contributed by atoms with Gasteiger partial charge in [0.25, 0.3) is 0 Å². The zero-order valence-electron chi connectivity index (χ0n) is 11.1. The topological polar surface area (TPSA) is 55.1 Å². The fourth-order valence-electron chi connectivity index (χ4n) is 2.71. The normalized spacial score (nSPS) is 15.6. The minimum absolute atomic E-state index is 0.338. The van der Waals surface area contributed by atoms with Crippen molar-refractivity contribution in [2.24, 2.45) is 0 Å². The summed E-state index contributed by atoms with van der Waals surface area (Å²) in [7, 11) is 0. The fraction of sp³-hybridized carbons (Fsp3) is 0.467. The van der Waals surface area contributed by atoms with Crippen molar-refractivity contribution in [1.82, 2.24) is 9.55 Å². The Balaban J connectivity index is 2.15. The molecule has 1 aliphatic carbocycles. The van der Waals surface area contributed by atoms with Gasteiger partial charge in [0.15, 0.2) is 0 Å². The number of carboxylic acids is 1. The first-order valence-corrected chi connectivity index (χ1v) is 6.94. The third-order valence-electron chi connectivity index (χ3n) is 3.94. The number of hydrogen-bond acceptors (Lipinski definition) is 2. The molecule has 2 aromatic rings. The van der Waals surface area contributed by atoms with E-state index in [1.54, 1.807) is 12.1 Å². The Morgan fingerprint density at radius 1 is 1.47 bits per heavy atom. The zero-order chi connectivity index (χ0) is 13.4. The molecule has 1 N–H and O–H groups in total. The van der Waals surface area contributed by atoms with E-state index in [-0.39, 0.29) is 0 Å². The molecule has 4 heteroatoms. The van der Waals surface area contributed by atoms with Crippen LogP contribution in [0.3, 0.4) is 0 Å². The molecule has 1 saturated carbocycles. The molecule has 1 aromatic heterocycles. The largest absolute Gasteiger partial charge is 0.478 e. The number of aryl methyl sites for hydroxylation is 1. The number of hydrogen-bond donors (Lipinski definition) is 1. The lowest BCUT2D eigenvalue weighted by Gasteiger charge is -2.25. The van der Waals surface area contributed by atoms with E-state index in [0.717, 1.165) is 29.8 Å². The number of aromatic nitrogens is 2. The number of aromatic carboxylic acids is 1. The highest BCUT2D eigenvalue weighted by atomic mass is 16.4. The van der Waals surface area contributed by atoms with Crippen LogP contribution in [0.2, 0.25) is 0 Å². The van der Waals surface area contributed by atoms with E-state index >= 15 is 0 Å². The molecule has 1 aromatic carbocycles. The molecule has 1 heterocycles. The lowest BCUT2D eigenvalue weighted by atomic mass is 9.85. The number of benzene rings is 1. The quantitative estimate of drug-likeness (QED) is 0.914. The molecular formula is C15H18N2O2. The third kappa shape index (κ3) is 2.01. The first-order chi connectivity index (χ1) is 9.20. The van der Waals surface area contributed by atoms with E-state index < -0.39 is 5.97 Å². The van der Waals surface area contributed by atoms with Crippen molar-refractivity contribution in [2.75, 3.05) is 0 Å². The molecule has 100 valence electrons. The van der Waals surface area contributed by atoms with Gasteiger partial charge >= 0.3 is 5.97 Å². The number of nitrogens with zero attached hydrogens (tertiary/aromatic N) is 2. The van der Waals surface area contributed by atoms with E-state index in [1.165, 1.54) is 19.3 Å². The summed E-state index contributed by atoms with van der Waals surface area (Å²) in [4.78, 5) is 15.8. The number of rotatable bonds is 4. The summed E-state index contributed by atoms with van der Waals surface area (Å²) in [6, 6.07) is 5.22. The van der Waals surface area contributed by atoms with Gasteiger partial charge in [0.2, 0.25) is 0 Å². The van der Waals surface area contributed by atoms with Gasteiger partial charge in [-0.05, 0) is 37.5 Å². The van der Waals surface area contributed by atoms with Gasteiger partial charge in [0.1, 0.15) is 5.82 Å². The summed E-state index contributed by atoms with van der Waals surface area (Å²) < 4.78 is 2.21. The van der Waals surface area contributed by atoms with Gasteiger partial charge in [-0.25, -0.2) is 9.78 Å². The van der Waals surface area contributed by atoms with Crippen molar-refractivity contribution < 1.29 is 9.90 Å². The third-order valence-corrected chi connectivity index (χ3v) is 3.94. The Hall–Kier alpha value is -1.84. The predicted molar refractivity (Wildman–Crippen MR) is 73.6 cm³/mol. The maximum atomic E-state index is 11.1. The Labute approximate surface area is 112 Å². The summed E-state index contributed by atoms with van der Waals surface area (Å²) in [6.45, 7) is 3.04. The number of carboxylic acid groups (broad SMARTS) is 1. The molecule has 0 atom stereocenters. The van der Waals surface area contributed by atoms with Crippen LogP contribution in [0.25, 0.3) is 11.0 Å². The van der Waals surface area contributed by atoms with Gasteiger partial charge in [0.05, 0.1) is 16.6 Å². The van der Waals surface area contributed by atoms with Gasteiger partial charge in [-0.1, -0.05) is 13.3 Å². The second-order valence-electron chi connectivity index (χ2n) is 5.26. The molecule has 4 nitrogen and oxygen atoms in total. The summed E-state index contributed by atoms with van der Waals surface area (Å²) in [5, 5.41) is 9.11. The monoisotopic (exact) mass is 258 g/mol. The average Bonchev–Trinajstić information content (AvgIpc) is 2.66. The smallest absolute Gasteiger partial charge is 0.335 e. The van der Waals surface area contributed by atoms with Crippen LogP contribution in [0.5, 0.6) is 0 Å². The lowest BCUT2D eigenvalue weighted by Crippen LogP contribution is -2.15. The summed E-state index contributed by atoms with van der Waals surface area (Å²) in [5.41, 5.74) is 2.22. The van der Waals surface area contributed by atoms with Gasteiger partial charge in [-0.15, -0.1) is 0 Å². The van der Waals surface area contributed by atoms with Crippen LogP contribution in [-0.4, -0.2) is 20.6 Å². The van der Waals surface area contributed by atoms with E-state index in [0.29, 0.717) is 11.5 Å². The van der Waals surface area contributed by atoms with Crippen LogP contribution >= 0.6 is 0 Å². The SMILES string of the molecule is CCCn1c(C2CCC2)nc2ccc(C(=O)O)cc21. The van der Waals surface area contributed by atoms with E-state index in [2.05, 4.69) is 11.5 Å². The molecule has 1 fully saturated rings. The Morgan fingerprint density at radius 3 is 2.84 bits per heavy atom. The number of imidazole rings is 1. The van der Waals surface area contributed by atoms with E-state index in [9.17, 15) is 4.79 Å². The van der Waals surface area contributed by atoms with Crippen LogP contribution in [0.15, 0.2) is 18.2 Å². The van der Waals surface area contributed by atoms with Gasteiger partial charge in [-0.2, -0.15) is 0 Å². The summed E-state index contributed by atoms with van der Waals surface area (Å²) in [6.07, 6.45) is 4.72. The van der Waals surface area contributed by atoms with Crippen LogP contribution in [0.4, 0.5) is 0 Å².